The van der Waals surface area contributed by atoms with Crippen LogP contribution in [0.2, 0.25) is 0 Å². The van der Waals surface area contributed by atoms with Gasteiger partial charge in [0.1, 0.15) is 10.8 Å². The van der Waals surface area contributed by atoms with Crippen molar-refractivity contribution < 1.29 is 27.5 Å². The number of ether oxygens (including phenoxy) is 1. The van der Waals surface area contributed by atoms with E-state index in [1.807, 2.05) is 12.1 Å². The average Bonchev–Trinajstić information content (AvgIpc) is 3.40. The summed E-state index contributed by atoms with van der Waals surface area (Å²) >= 11 is 1.25. The molecule has 0 aliphatic heterocycles. The van der Waals surface area contributed by atoms with E-state index in [1.165, 1.54) is 23.5 Å². The van der Waals surface area contributed by atoms with E-state index in [0.717, 1.165) is 41.4 Å². The Bertz CT molecular complexity index is 1420. The molecule has 10 nitrogen and oxygen atoms in total. The number of hydrogen-bond acceptors (Lipinski definition) is 9. The van der Waals surface area contributed by atoms with E-state index in [0.29, 0.717) is 30.0 Å². The van der Waals surface area contributed by atoms with Gasteiger partial charge in [-0.1, -0.05) is 29.5 Å². The molecule has 0 aliphatic carbocycles. The predicted molar refractivity (Wildman–Crippen MR) is 139 cm³/mol. The second-order valence-electron chi connectivity index (χ2n) is 8.54. The third-order valence-electron chi connectivity index (χ3n) is 5.37. The lowest BCUT2D eigenvalue weighted by Gasteiger charge is -2.10. The zero-order valence-electron chi connectivity index (χ0n) is 21.0. The van der Waals surface area contributed by atoms with Gasteiger partial charge in [-0.15, -0.1) is 28.5 Å². The topological polar surface area (TPSA) is 132 Å². The number of nitrogens with zero attached hydrogens (tertiary/aromatic N) is 5. The molecule has 0 unspecified atom stereocenters. The second-order valence-corrected chi connectivity index (χ2v) is 9.60. The van der Waals surface area contributed by atoms with Gasteiger partial charge in [0.05, 0.1) is 24.4 Å². The van der Waals surface area contributed by atoms with Gasteiger partial charge in [-0.3, -0.25) is 14.6 Å². The van der Waals surface area contributed by atoms with E-state index in [1.54, 1.807) is 24.4 Å². The summed E-state index contributed by atoms with van der Waals surface area (Å²) in [5, 5.41) is 22.6. The number of anilines is 1. The molecule has 208 valence electrons. The van der Waals surface area contributed by atoms with E-state index in [4.69, 9.17) is 0 Å². The molecule has 0 fully saturated rings. The lowest BCUT2D eigenvalue weighted by Crippen LogP contribution is -2.23. The number of rotatable bonds is 12. The maximum atomic E-state index is 12.4. The summed E-state index contributed by atoms with van der Waals surface area (Å²) in [6, 6.07) is 14.1. The standard InChI is InChI=1S/C26H24F3N7O3S/c27-26(28,29)39-20-9-5-6-17(14-20)15-22(37)32-21-12-11-18(33-34-21)7-1-2-10-23-35-36-25(40-23)24(38)31-16-19-8-3-4-13-30-19/h3-6,8-9,11-14H,1-2,7,10,15-16H2,(H,31,38)(H,32,34,37). The minimum atomic E-state index is -4.81. The maximum absolute atomic E-state index is 12.4. The van der Waals surface area contributed by atoms with Crippen LogP contribution >= 0.6 is 11.3 Å². The first-order chi connectivity index (χ1) is 19.2. The maximum Gasteiger partial charge on any atom is 0.573 e. The van der Waals surface area contributed by atoms with Crippen molar-refractivity contribution in [1.29, 1.82) is 0 Å². The SMILES string of the molecule is O=C(Cc1cccc(OC(F)(F)F)c1)Nc1ccc(CCCCc2nnc(C(=O)NCc3ccccn3)s2)nn1. The van der Waals surface area contributed by atoms with Crippen molar-refractivity contribution >= 4 is 29.0 Å². The van der Waals surface area contributed by atoms with Gasteiger partial charge in [-0.2, -0.15) is 5.10 Å². The van der Waals surface area contributed by atoms with Crippen molar-refractivity contribution in [3.63, 3.8) is 0 Å². The molecule has 14 heteroatoms. The van der Waals surface area contributed by atoms with Crippen molar-refractivity contribution in [3.05, 3.63) is 87.8 Å². The van der Waals surface area contributed by atoms with Crippen molar-refractivity contribution in [3.8, 4) is 5.75 Å². The molecule has 0 bridgehead atoms. The number of amides is 2. The highest BCUT2D eigenvalue weighted by Crippen LogP contribution is 2.23. The molecule has 0 aliphatic rings. The quantitative estimate of drug-likeness (QED) is 0.241. The van der Waals surface area contributed by atoms with Gasteiger partial charge >= 0.3 is 6.36 Å². The fourth-order valence-electron chi connectivity index (χ4n) is 3.56. The molecule has 1 aromatic carbocycles. The summed E-state index contributed by atoms with van der Waals surface area (Å²) in [4.78, 5) is 28.7. The number of aryl methyl sites for hydroxylation is 2. The molecule has 40 heavy (non-hydrogen) atoms. The molecule has 0 spiro atoms. The zero-order valence-corrected chi connectivity index (χ0v) is 21.8. The highest BCUT2D eigenvalue weighted by atomic mass is 32.1. The molecule has 3 aromatic heterocycles. The molecule has 3 heterocycles. The van der Waals surface area contributed by atoms with Gasteiger partial charge in [0.25, 0.3) is 5.91 Å². The molecule has 2 amide bonds. The van der Waals surface area contributed by atoms with Gasteiger partial charge < -0.3 is 15.4 Å². The molecular formula is C26H24F3N7O3S. The number of unbranched alkanes of at least 4 members (excludes halogenated alkanes) is 1. The zero-order chi connectivity index (χ0) is 28.4. The van der Waals surface area contributed by atoms with Crippen molar-refractivity contribution in [2.75, 3.05) is 5.32 Å². The van der Waals surface area contributed by atoms with Crippen LogP contribution in [0.4, 0.5) is 19.0 Å². The number of carbonyl (C=O) groups is 2. The summed E-state index contributed by atoms with van der Waals surface area (Å²) in [6.45, 7) is 0.312. The Morgan fingerprint density at radius 3 is 2.50 bits per heavy atom. The number of carbonyl (C=O) groups excluding carboxylic acids is 2. The van der Waals surface area contributed by atoms with Crippen LogP contribution in [0.5, 0.6) is 5.75 Å². The Morgan fingerprint density at radius 2 is 1.75 bits per heavy atom. The summed E-state index contributed by atoms with van der Waals surface area (Å²) in [6.07, 6.45) is -0.364. The van der Waals surface area contributed by atoms with Gasteiger partial charge in [-0.05, 0) is 61.2 Å². The molecular weight excluding hydrogens is 547 g/mol. The van der Waals surface area contributed by atoms with Crippen LogP contribution in [0, 0.1) is 0 Å². The Kier molecular flexibility index (Phi) is 9.67. The number of aromatic nitrogens is 5. The Hall–Kier alpha value is -4.46. The highest BCUT2D eigenvalue weighted by Gasteiger charge is 2.31. The molecule has 0 radical (unpaired) electrons. The van der Waals surface area contributed by atoms with Crippen LogP contribution in [-0.4, -0.2) is 43.6 Å². The van der Waals surface area contributed by atoms with Crippen molar-refractivity contribution in [2.24, 2.45) is 0 Å². The predicted octanol–water partition coefficient (Wildman–Crippen LogP) is 4.30. The molecule has 0 saturated carbocycles. The van der Waals surface area contributed by atoms with Crippen LogP contribution in [-0.2, 0) is 30.6 Å². The van der Waals surface area contributed by atoms with E-state index in [-0.39, 0.29) is 18.1 Å². The molecule has 0 atom stereocenters. The van der Waals surface area contributed by atoms with Crippen LogP contribution in [0.3, 0.4) is 0 Å². The van der Waals surface area contributed by atoms with Gasteiger partial charge in [-0.25, -0.2) is 0 Å². The Morgan fingerprint density at radius 1 is 0.900 bits per heavy atom. The monoisotopic (exact) mass is 571 g/mol. The minimum Gasteiger partial charge on any atom is -0.406 e. The van der Waals surface area contributed by atoms with Crippen LogP contribution in [0.15, 0.2) is 60.8 Å². The van der Waals surface area contributed by atoms with Crippen LogP contribution in [0.1, 0.15) is 44.6 Å². The van der Waals surface area contributed by atoms with E-state index in [9.17, 15) is 22.8 Å². The second kappa shape index (κ2) is 13.6. The van der Waals surface area contributed by atoms with E-state index in [2.05, 4.69) is 40.7 Å². The smallest absolute Gasteiger partial charge is 0.406 e. The number of hydrogen-bond donors (Lipinski definition) is 2. The van der Waals surface area contributed by atoms with Crippen molar-refractivity contribution in [2.45, 2.75) is 45.0 Å². The number of benzene rings is 1. The number of halogens is 3. The lowest BCUT2D eigenvalue weighted by atomic mass is 10.1. The molecule has 2 N–H and O–H groups in total. The molecule has 0 saturated heterocycles. The van der Waals surface area contributed by atoms with Gasteiger partial charge in [0, 0.05) is 12.6 Å². The van der Waals surface area contributed by atoms with Crippen molar-refractivity contribution in [1.82, 2.24) is 30.7 Å². The molecule has 4 aromatic rings. The van der Waals surface area contributed by atoms with Gasteiger partial charge in [0.2, 0.25) is 10.9 Å². The summed E-state index contributed by atoms with van der Waals surface area (Å²) < 4.78 is 41.1. The first kappa shape index (κ1) is 28.5. The highest BCUT2D eigenvalue weighted by molar-refractivity contribution is 7.13. The van der Waals surface area contributed by atoms with Crippen LogP contribution < -0.4 is 15.4 Å². The summed E-state index contributed by atoms with van der Waals surface area (Å²) in [5.41, 5.74) is 1.85. The molecule has 4 rings (SSSR count). The first-order valence-electron chi connectivity index (χ1n) is 12.2. The fourth-order valence-corrected chi connectivity index (χ4v) is 4.36. The van der Waals surface area contributed by atoms with E-state index < -0.39 is 18.0 Å². The van der Waals surface area contributed by atoms with Crippen LogP contribution in [0.25, 0.3) is 0 Å². The van der Waals surface area contributed by atoms with E-state index >= 15 is 0 Å². The summed E-state index contributed by atoms with van der Waals surface area (Å²) in [5.74, 6) is -0.899. The minimum absolute atomic E-state index is 0.155. The number of alkyl halides is 3. The number of nitrogens with one attached hydrogen (secondary N) is 2. The largest absolute Gasteiger partial charge is 0.573 e. The normalized spacial score (nSPS) is 11.2. The Balaban J connectivity index is 1.16. The number of pyridine rings is 1. The summed E-state index contributed by atoms with van der Waals surface area (Å²) in [7, 11) is 0. The lowest BCUT2D eigenvalue weighted by molar-refractivity contribution is -0.274. The average molecular weight is 572 g/mol. The third kappa shape index (κ3) is 9.38. The van der Waals surface area contributed by atoms with Gasteiger partial charge in [0.15, 0.2) is 5.82 Å². The first-order valence-corrected chi connectivity index (χ1v) is 13.0. The Labute approximate surface area is 231 Å². The fraction of sp³-hybridized carbons (Fsp3) is 0.269. The third-order valence-corrected chi connectivity index (χ3v) is 6.36.